The Morgan fingerprint density at radius 2 is 1.95 bits per heavy atom. The van der Waals surface area contributed by atoms with E-state index in [4.69, 9.17) is 4.74 Å². The van der Waals surface area contributed by atoms with E-state index >= 15 is 0 Å². The molecule has 1 saturated carbocycles. The van der Waals surface area contributed by atoms with Crippen LogP contribution in [0.3, 0.4) is 0 Å². The van der Waals surface area contributed by atoms with Crippen molar-refractivity contribution in [3.8, 4) is 0 Å². The highest BCUT2D eigenvalue weighted by Crippen LogP contribution is 2.43. The van der Waals surface area contributed by atoms with Gasteiger partial charge in [-0.1, -0.05) is 0 Å². The SMILES string of the molecule is CC1OCCC1N1C(=O)C(C)(C2CC2)NC(=O)C1C. The summed E-state index contributed by atoms with van der Waals surface area (Å²) in [4.78, 5) is 26.9. The van der Waals surface area contributed by atoms with Crippen molar-refractivity contribution in [3.05, 3.63) is 0 Å². The van der Waals surface area contributed by atoms with Crippen LogP contribution in [0.15, 0.2) is 0 Å². The fraction of sp³-hybridized carbons (Fsp3) is 0.857. The van der Waals surface area contributed by atoms with Crippen LogP contribution in [0.5, 0.6) is 0 Å². The molecule has 5 heteroatoms. The summed E-state index contributed by atoms with van der Waals surface area (Å²) in [7, 11) is 0. The van der Waals surface area contributed by atoms with E-state index < -0.39 is 11.6 Å². The zero-order valence-corrected chi connectivity index (χ0v) is 11.8. The van der Waals surface area contributed by atoms with Crippen LogP contribution in [-0.4, -0.2) is 47.0 Å². The normalized spacial score (nSPS) is 43.5. The number of ether oxygens (including phenoxy) is 1. The molecular weight excluding hydrogens is 244 g/mol. The number of hydrogen-bond acceptors (Lipinski definition) is 3. The van der Waals surface area contributed by atoms with Crippen molar-refractivity contribution in [2.24, 2.45) is 5.92 Å². The van der Waals surface area contributed by atoms with Gasteiger partial charge in [-0.25, -0.2) is 0 Å². The van der Waals surface area contributed by atoms with Crippen LogP contribution in [0.1, 0.15) is 40.0 Å². The quantitative estimate of drug-likeness (QED) is 0.799. The van der Waals surface area contributed by atoms with Gasteiger partial charge in [0.05, 0.1) is 12.1 Å². The van der Waals surface area contributed by atoms with Gasteiger partial charge in [-0.2, -0.15) is 0 Å². The second-order valence-electron chi connectivity index (χ2n) is 6.29. The smallest absolute Gasteiger partial charge is 0.249 e. The summed E-state index contributed by atoms with van der Waals surface area (Å²) in [5, 5.41) is 2.95. The monoisotopic (exact) mass is 266 g/mol. The van der Waals surface area contributed by atoms with E-state index in [1.807, 2.05) is 20.8 Å². The minimum Gasteiger partial charge on any atom is -0.376 e. The Labute approximate surface area is 113 Å². The predicted molar refractivity (Wildman–Crippen MR) is 69.4 cm³/mol. The second kappa shape index (κ2) is 4.20. The van der Waals surface area contributed by atoms with Crippen LogP contribution < -0.4 is 5.32 Å². The first-order chi connectivity index (χ1) is 8.95. The average Bonchev–Trinajstić information content (AvgIpc) is 3.13. The van der Waals surface area contributed by atoms with E-state index in [-0.39, 0.29) is 24.0 Å². The zero-order chi connectivity index (χ0) is 13.8. The van der Waals surface area contributed by atoms with Gasteiger partial charge in [0, 0.05) is 6.61 Å². The Kier molecular flexibility index (Phi) is 2.85. The Morgan fingerprint density at radius 3 is 2.47 bits per heavy atom. The minimum atomic E-state index is -0.702. The van der Waals surface area contributed by atoms with E-state index in [1.165, 1.54) is 0 Å². The molecule has 2 heterocycles. The van der Waals surface area contributed by atoms with Gasteiger partial charge in [-0.3, -0.25) is 9.59 Å². The molecule has 2 saturated heterocycles. The summed E-state index contributed by atoms with van der Waals surface area (Å²) in [5.74, 6) is 0.342. The number of carbonyl (C=O) groups is 2. The van der Waals surface area contributed by atoms with Gasteiger partial charge in [0.1, 0.15) is 11.6 Å². The highest BCUT2D eigenvalue weighted by atomic mass is 16.5. The summed E-state index contributed by atoms with van der Waals surface area (Å²) in [6.45, 7) is 6.34. The first kappa shape index (κ1) is 12.9. The first-order valence-corrected chi connectivity index (χ1v) is 7.21. The third-order valence-electron chi connectivity index (χ3n) is 4.95. The van der Waals surface area contributed by atoms with Crippen LogP contribution in [0.25, 0.3) is 0 Å². The maximum atomic E-state index is 12.9. The van der Waals surface area contributed by atoms with Crippen molar-refractivity contribution in [1.82, 2.24) is 10.2 Å². The second-order valence-corrected chi connectivity index (χ2v) is 6.29. The lowest BCUT2D eigenvalue weighted by molar-refractivity contribution is -0.158. The topological polar surface area (TPSA) is 58.6 Å². The zero-order valence-electron chi connectivity index (χ0n) is 11.8. The molecule has 1 aliphatic carbocycles. The fourth-order valence-electron chi connectivity index (χ4n) is 3.45. The van der Waals surface area contributed by atoms with Gasteiger partial charge < -0.3 is 15.0 Å². The van der Waals surface area contributed by atoms with Gasteiger partial charge >= 0.3 is 0 Å². The summed E-state index contributed by atoms with van der Waals surface area (Å²) >= 11 is 0. The summed E-state index contributed by atoms with van der Waals surface area (Å²) in [6.07, 6.45) is 2.90. The van der Waals surface area contributed by atoms with Crippen molar-refractivity contribution in [3.63, 3.8) is 0 Å². The van der Waals surface area contributed by atoms with Crippen LogP contribution in [0, 0.1) is 5.92 Å². The number of amides is 2. The van der Waals surface area contributed by atoms with Gasteiger partial charge in [0.2, 0.25) is 11.8 Å². The van der Waals surface area contributed by atoms with Crippen LogP contribution in [0.2, 0.25) is 0 Å². The number of nitrogens with one attached hydrogen (secondary N) is 1. The molecule has 2 amide bonds. The highest BCUT2D eigenvalue weighted by Gasteiger charge is 2.56. The highest BCUT2D eigenvalue weighted by molar-refractivity contribution is 6.00. The maximum Gasteiger partial charge on any atom is 0.249 e. The van der Waals surface area contributed by atoms with Crippen molar-refractivity contribution in [2.75, 3.05) is 6.61 Å². The van der Waals surface area contributed by atoms with E-state index in [0.717, 1.165) is 19.3 Å². The first-order valence-electron chi connectivity index (χ1n) is 7.21. The van der Waals surface area contributed by atoms with E-state index in [9.17, 15) is 9.59 Å². The summed E-state index contributed by atoms with van der Waals surface area (Å²) in [5.41, 5.74) is -0.702. The van der Waals surface area contributed by atoms with Gasteiger partial charge in [0.25, 0.3) is 0 Å². The molecule has 0 spiro atoms. The Morgan fingerprint density at radius 1 is 1.26 bits per heavy atom. The Balaban J connectivity index is 1.91. The lowest BCUT2D eigenvalue weighted by atomic mass is 9.88. The van der Waals surface area contributed by atoms with Crippen LogP contribution in [-0.2, 0) is 14.3 Å². The number of hydrogen-bond donors (Lipinski definition) is 1. The molecule has 3 rings (SSSR count). The molecular formula is C14H22N2O3. The predicted octanol–water partition coefficient (Wildman–Crippen LogP) is 0.679. The molecule has 0 aromatic carbocycles. The molecule has 0 aromatic rings. The molecule has 2 aliphatic heterocycles. The molecule has 4 unspecified atom stereocenters. The number of rotatable bonds is 2. The minimum absolute atomic E-state index is 0.0146. The van der Waals surface area contributed by atoms with Crippen LogP contribution in [0.4, 0.5) is 0 Å². The number of carbonyl (C=O) groups excluding carboxylic acids is 2. The van der Waals surface area contributed by atoms with Gasteiger partial charge in [0.15, 0.2) is 0 Å². The number of nitrogens with zero attached hydrogens (tertiary/aromatic N) is 1. The molecule has 3 fully saturated rings. The molecule has 106 valence electrons. The molecule has 19 heavy (non-hydrogen) atoms. The third-order valence-corrected chi connectivity index (χ3v) is 4.95. The summed E-state index contributed by atoms with van der Waals surface area (Å²) in [6, 6.07) is -0.361. The van der Waals surface area contributed by atoms with Crippen molar-refractivity contribution >= 4 is 11.8 Å². The van der Waals surface area contributed by atoms with Crippen LogP contribution >= 0.6 is 0 Å². The molecule has 1 N–H and O–H groups in total. The van der Waals surface area contributed by atoms with E-state index in [2.05, 4.69) is 5.32 Å². The molecule has 0 bridgehead atoms. The van der Waals surface area contributed by atoms with Crippen molar-refractivity contribution < 1.29 is 14.3 Å². The maximum absolute atomic E-state index is 12.9. The molecule has 0 aromatic heterocycles. The molecule has 0 radical (unpaired) electrons. The Bertz CT molecular complexity index is 421. The lowest BCUT2D eigenvalue weighted by Crippen LogP contribution is -2.71. The molecule has 4 atom stereocenters. The van der Waals surface area contributed by atoms with E-state index in [0.29, 0.717) is 12.5 Å². The number of piperazine rings is 1. The average molecular weight is 266 g/mol. The van der Waals surface area contributed by atoms with Crippen molar-refractivity contribution in [2.45, 2.75) is 63.8 Å². The summed E-state index contributed by atoms with van der Waals surface area (Å²) < 4.78 is 5.57. The van der Waals surface area contributed by atoms with E-state index in [1.54, 1.807) is 4.90 Å². The molecule has 5 nitrogen and oxygen atoms in total. The lowest BCUT2D eigenvalue weighted by Gasteiger charge is -2.46. The third kappa shape index (κ3) is 1.86. The molecule has 3 aliphatic rings. The fourth-order valence-corrected chi connectivity index (χ4v) is 3.45. The Hall–Kier alpha value is -1.10. The standard InChI is InChI=1S/C14H22N2O3/c1-8-12(17)15-14(3,10-4-5-10)13(18)16(8)11-6-7-19-9(11)2/h8-11H,4-7H2,1-3H3,(H,15,17). The largest absolute Gasteiger partial charge is 0.376 e. The van der Waals surface area contributed by atoms with Crippen molar-refractivity contribution in [1.29, 1.82) is 0 Å². The van der Waals surface area contributed by atoms with Gasteiger partial charge in [-0.05, 0) is 46.0 Å². The van der Waals surface area contributed by atoms with Gasteiger partial charge in [-0.15, -0.1) is 0 Å².